The zero-order valence-electron chi connectivity index (χ0n) is 14.5. The van der Waals surface area contributed by atoms with Crippen LogP contribution in [0, 0.1) is 0 Å². The van der Waals surface area contributed by atoms with Crippen LogP contribution < -0.4 is 14.8 Å². The van der Waals surface area contributed by atoms with Crippen molar-refractivity contribution in [2.24, 2.45) is 0 Å². The van der Waals surface area contributed by atoms with Gasteiger partial charge in [-0.3, -0.25) is 4.79 Å². The normalized spacial score (nSPS) is 11.3. The van der Waals surface area contributed by atoms with Crippen molar-refractivity contribution in [1.82, 2.24) is 4.72 Å². The lowest BCUT2D eigenvalue weighted by Crippen LogP contribution is -2.24. The smallest absolute Gasteiger partial charge is 0.255 e. The van der Waals surface area contributed by atoms with Gasteiger partial charge in [0.15, 0.2) is 0 Å². The predicted molar refractivity (Wildman–Crippen MR) is 108 cm³/mol. The SMILES string of the molecule is CCNS(=O)(=O)c1cc(C(=O)Nc2cc(Cl)c(Cl)cc2Cl)ccc1OCC. The molecule has 6 nitrogen and oxygen atoms in total. The molecule has 146 valence electrons. The number of nitrogens with one attached hydrogen (secondary N) is 2. The largest absolute Gasteiger partial charge is 0.492 e. The summed E-state index contributed by atoms with van der Waals surface area (Å²) in [6.45, 7) is 3.86. The summed E-state index contributed by atoms with van der Waals surface area (Å²) < 4.78 is 32.6. The van der Waals surface area contributed by atoms with Gasteiger partial charge in [-0.2, -0.15) is 0 Å². The van der Waals surface area contributed by atoms with E-state index in [9.17, 15) is 13.2 Å². The molecule has 0 heterocycles. The molecule has 2 aromatic carbocycles. The second kappa shape index (κ2) is 9.12. The van der Waals surface area contributed by atoms with Gasteiger partial charge in [-0.25, -0.2) is 13.1 Å². The Balaban J connectivity index is 2.41. The maximum absolute atomic E-state index is 12.6. The number of hydrogen-bond acceptors (Lipinski definition) is 4. The quantitative estimate of drug-likeness (QED) is 0.603. The van der Waals surface area contributed by atoms with Crippen molar-refractivity contribution in [3.05, 3.63) is 51.0 Å². The zero-order chi connectivity index (χ0) is 20.2. The first-order chi connectivity index (χ1) is 12.7. The molecule has 0 bridgehead atoms. The van der Waals surface area contributed by atoms with Gasteiger partial charge in [0.2, 0.25) is 10.0 Å². The van der Waals surface area contributed by atoms with Crippen LogP contribution in [0.5, 0.6) is 5.75 Å². The number of ether oxygens (including phenoxy) is 1. The van der Waals surface area contributed by atoms with E-state index in [0.29, 0.717) is 0 Å². The molecule has 10 heteroatoms. The van der Waals surface area contributed by atoms with Gasteiger partial charge in [0, 0.05) is 12.1 Å². The van der Waals surface area contributed by atoms with Gasteiger partial charge in [-0.1, -0.05) is 41.7 Å². The molecular formula is C17H17Cl3N2O4S. The molecule has 0 saturated heterocycles. The number of sulfonamides is 1. The van der Waals surface area contributed by atoms with Crippen LogP contribution in [-0.4, -0.2) is 27.5 Å². The molecule has 0 atom stereocenters. The molecule has 0 aliphatic rings. The summed E-state index contributed by atoms with van der Waals surface area (Å²) in [6, 6.07) is 6.94. The minimum absolute atomic E-state index is 0.108. The number of halogens is 3. The number of carbonyl (C=O) groups excluding carboxylic acids is 1. The summed E-state index contributed by atoms with van der Waals surface area (Å²) in [5, 5.41) is 3.26. The highest BCUT2D eigenvalue weighted by Gasteiger charge is 2.21. The van der Waals surface area contributed by atoms with Crippen LogP contribution in [0.3, 0.4) is 0 Å². The van der Waals surface area contributed by atoms with Crippen LogP contribution in [0.15, 0.2) is 35.2 Å². The summed E-state index contributed by atoms with van der Waals surface area (Å²) in [5.74, 6) is -0.408. The van der Waals surface area contributed by atoms with Crippen molar-refractivity contribution < 1.29 is 17.9 Å². The van der Waals surface area contributed by atoms with Crippen molar-refractivity contribution in [3.63, 3.8) is 0 Å². The lowest BCUT2D eigenvalue weighted by Gasteiger charge is -2.13. The highest BCUT2D eigenvalue weighted by Crippen LogP contribution is 2.33. The fourth-order valence-corrected chi connectivity index (χ4v) is 4.02. The summed E-state index contributed by atoms with van der Waals surface area (Å²) in [4.78, 5) is 12.4. The molecule has 0 fully saturated rings. The highest BCUT2D eigenvalue weighted by molar-refractivity contribution is 7.89. The van der Waals surface area contributed by atoms with Gasteiger partial charge in [-0.15, -0.1) is 0 Å². The van der Waals surface area contributed by atoms with E-state index in [4.69, 9.17) is 39.5 Å². The summed E-state index contributed by atoms with van der Waals surface area (Å²) in [7, 11) is -3.83. The van der Waals surface area contributed by atoms with E-state index in [-0.39, 0.29) is 50.1 Å². The first kappa shape index (κ1) is 21.8. The first-order valence-electron chi connectivity index (χ1n) is 7.92. The molecule has 2 aromatic rings. The number of carbonyl (C=O) groups is 1. The molecule has 0 saturated carbocycles. The second-order valence-corrected chi connectivity index (χ2v) is 8.25. The standard InChI is InChI=1S/C17H17Cl3N2O4S/c1-3-21-27(24,25)16-7-10(5-6-15(16)26-4-2)17(23)22-14-9-12(19)11(18)8-13(14)20/h5-9,21H,3-4H2,1-2H3,(H,22,23). The Kier molecular flexibility index (Phi) is 7.36. The van der Waals surface area contributed by atoms with Crippen LogP contribution in [0.2, 0.25) is 15.1 Å². The zero-order valence-corrected chi connectivity index (χ0v) is 17.6. The van der Waals surface area contributed by atoms with Crippen LogP contribution in [0.1, 0.15) is 24.2 Å². The number of benzene rings is 2. The van der Waals surface area contributed by atoms with E-state index in [1.807, 2.05) is 0 Å². The van der Waals surface area contributed by atoms with Gasteiger partial charge in [0.25, 0.3) is 5.91 Å². The molecule has 2 rings (SSSR count). The third-order valence-corrected chi connectivity index (χ3v) is 5.99. The third-order valence-electron chi connectivity index (χ3n) is 3.39. The van der Waals surface area contributed by atoms with Crippen LogP contribution in [0.25, 0.3) is 0 Å². The summed E-state index contributed by atoms with van der Waals surface area (Å²) in [5.41, 5.74) is 0.359. The Morgan fingerprint density at radius 3 is 2.33 bits per heavy atom. The molecule has 0 aliphatic heterocycles. The van der Waals surface area contributed by atoms with Gasteiger partial charge >= 0.3 is 0 Å². The van der Waals surface area contributed by atoms with Crippen molar-refractivity contribution in [2.75, 3.05) is 18.5 Å². The summed E-state index contributed by atoms with van der Waals surface area (Å²) in [6.07, 6.45) is 0. The molecule has 27 heavy (non-hydrogen) atoms. The molecule has 1 amide bonds. The Hall–Kier alpha value is -1.51. The maximum atomic E-state index is 12.6. The molecule has 0 radical (unpaired) electrons. The average Bonchev–Trinajstić information content (AvgIpc) is 2.60. The van der Waals surface area contributed by atoms with E-state index in [0.717, 1.165) is 0 Å². The topological polar surface area (TPSA) is 84.5 Å². The molecule has 0 aromatic heterocycles. The van der Waals surface area contributed by atoms with Gasteiger partial charge in [-0.05, 0) is 37.3 Å². The Labute approximate surface area is 172 Å². The lowest BCUT2D eigenvalue weighted by molar-refractivity contribution is 0.102. The van der Waals surface area contributed by atoms with Gasteiger partial charge < -0.3 is 10.1 Å². The first-order valence-corrected chi connectivity index (χ1v) is 10.5. The number of amides is 1. The van der Waals surface area contributed by atoms with Crippen LogP contribution >= 0.6 is 34.8 Å². The fourth-order valence-electron chi connectivity index (χ4n) is 2.21. The average molecular weight is 452 g/mol. The fraction of sp³-hybridized carbons (Fsp3) is 0.235. The number of rotatable bonds is 7. The van der Waals surface area contributed by atoms with E-state index in [1.165, 1.54) is 30.3 Å². The lowest BCUT2D eigenvalue weighted by atomic mass is 10.2. The second-order valence-electron chi connectivity index (χ2n) is 5.30. The number of anilines is 1. The van der Waals surface area contributed by atoms with Crippen molar-refractivity contribution in [1.29, 1.82) is 0 Å². The maximum Gasteiger partial charge on any atom is 0.255 e. The molecule has 0 spiro atoms. The van der Waals surface area contributed by atoms with E-state index in [2.05, 4.69) is 10.0 Å². The van der Waals surface area contributed by atoms with Crippen molar-refractivity contribution >= 4 is 56.4 Å². The third kappa shape index (κ3) is 5.27. The van der Waals surface area contributed by atoms with E-state index >= 15 is 0 Å². The van der Waals surface area contributed by atoms with Crippen molar-refractivity contribution in [3.8, 4) is 5.75 Å². The minimum Gasteiger partial charge on any atom is -0.492 e. The van der Waals surface area contributed by atoms with Crippen LogP contribution in [-0.2, 0) is 10.0 Å². The minimum atomic E-state index is -3.83. The molecule has 0 aliphatic carbocycles. The monoisotopic (exact) mass is 450 g/mol. The molecule has 0 unspecified atom stereocenters. The predicted octanol–water partition coefficient (Wildman–Crippen LogP) is 4.60. The summed E-state index contributed by atoms with van der Waals surface area (Å²) >= 11 is 17.9. The Morgan fingerprint density at radius 1 is 1.04 bits per heavy atom. The van der Waals surface area contributed by atoms with E-state index in [1.54, 1.807) is 13.8 Å². The van der Waals surface area contributed by atoms with Gasteiger partial charge in [0.05, 0.1) is 27.4 Å². The highest BCUT2D eigenvalue weighted by atomic mass is 35.5. The van der Waals surface area contributed by atoms with Crippen LogP contribution in [0.4, 0.5) is 5.69 Å². The Morgan fingerprint density at radius 2 is 1.70 bits per heavy atom. The van der Waals surface area contributed by atoms with Gasteiger partial charge in [0.1, 0.15) is 10.6 Å². The Bertz CT molecular complexity index is 965. The number of hydrogen-bond donors (Lipinski definition) is 2. The molecule has 2 N–H and O–H groups in total. The van der Waals surface area contributed by atoms with Crippen molar-refractivity contribution in [2.45, 2.75) is 18.7 Å². The molecular weight excluding hydrogens is 435 g/mol. The van der Waals surface area contributed by atoms with E-state index < -0.39 is 15.9 Å².